The molecule has 32 heavy (non-hydrogen) atoms. The van der Waals surface area contributed by atoms with Gasteiger partial charge in [0.1, 0.15) is 12.3 Å². The summed E-state index contributed by atoms with van der Waals surface area (Å²) in [5.41, 5.74) is 1.02. The van der Waals surface area contributed by atoms with Crippen molar-refractivity contribution in [3.63, 3.8) is 0 Å². The van der Waals surface area contributed by atoms with Gasteiger partial charge in [0.2, 0.25) is 5.91 Å². The van der Waals surface area contributed by atoms with Gasteiger partial charge in [0.05, 0.1) is 24.5 Å². The summed E-state index contributed by atoms with van der Waals surface area (Å²) in [4.78, 5) is 38.0. The van der Waals surface area contributed by atoms with Crippen LogP contribution in [0.2, 0.25) is 0 Å². The second-order valence-electron chi connectivity index (χ2n) is 6.60. The third-order valence-electron chi connectivity index (χ3n) is 4.31. The molecule has 3 aromatic rings. The molecular formula is C19H21N7O6. The van der Waals surface area contributed by atoms with Crippen LogP contribution in [0.3, 0.4) is 0 Å². The zero-order chi connectivity index (χ0) is 22.9. The fraction of sp³-hybridized carbons (Fsp3) is 0.316. The number of rotatable bonds is 11. The first-order valence-corrected chi connectivity index (χ1v) is 9.63. The third kappa shape index (κ3) is 6.35. The second kappa shape index (κ2) is 10.7. The van der Waals surface area contributed by atoms with Gasteiger partial charge in [-0.3, -0.25) is 9.59 Å². The predicted octanol–water partition coefficient (Wildman–Crippen LogP) is 0.710. The lowest BCUT2D eigenvalue weighted by atomic mass is 10.1. The molecule has 13 nitrogen and oxygen atoms in total. The molecule has 2 aromatic heterocycles. The number of hydrogen-bond acceptors (Lipinski definition) is 9. The molecule has 0 fully saturated rings. The van der Waals surface area contributed by atoms with Gasteiger partial charge in [-0.05, 0) is 29.0 Å². The zero-order valence-corrected chi connectivity index (χ0v) is 17.2. The third-order valence-corrected chi connectivity index (χ3v) is 4.31. The molecule has 0 saturated carbocycles. The average Bonchev–Trinajstić information content (AvgIpc) is 3.46. The summed E-state index contributed by atoms with van der Waals surface area (Å²) in [7, 11) is 1.59. The van der Waals surface area contributed by atoms with Crippen molar-refractivity contribution in [2.24, 2.45) is 0 Å². The molecule has 0 aliphatic carbocycles. The van der Waals surface area contributed by atoms with Crippen LogP contribution in [0.1, 0.15) is 28.5 Å². The fourth-order valence-corrected chi connectivity index (χ4v) is 2.68. The van der Waals surface area contributed by atoms with Crippen LogP contribution in [0, 0.1) is 10.1 Å². The number of nitrogens with one attached hydrogen (secondary N) is 2. The molecule has 0 atom stereocenters. The van der Waals surface area contributed by atoms with E-state index in [1.807, 2.05) is 24.3 Å². The van der Waals surface area contributed by atoms with Crippen molar-refractivity contribution in [3.8, 4) is 5.75 Å². The maximum atomic E-state index is 12.1. The van der Waals surface area contributed by atoms with E-state index in [1.165, 1.54) is 16.9 Å². The number of methoxy groups -OCH3 is 1. The molecule has 0 saturated heterocycles. The maximum Gasteiger partial charge on any atom is 0.389 e. The molecule has 0 aliphatic heterocycles. The van der Waals surface area contributed by atoms with Gasteiger partial charge in [-0.2, -0.15) is 9.67 Å². The summed E-state index contributed by atoms with van der Waals surface area (Å²) in [5, 5.41) is 23.3. The maximum absolute atomic E-state index is 12.1. The van der Waals surface area contributed by atoms with Gasteiger partial charge >= 0.3 is 17.6 Å². The summed E-state index contributed by atoms with van der Waals surface area (Å²) < 4.78 is 11.2. The summed E-state index contributed by atoms with van der Waals surface area (Å²) in [5.74, 6) is -0.399. The predicted molar refractivity (Wildman–Crippen MR) is 109 cm³/mol. The van der Waals surface area contributed by atoms with Crippen LogP contribution in [-0.2, 0) is 17.8 Å². The van der Waals surface area contributed by atoms with Crippen molar-refractivity contribution in [2.45, 2.75) is 19.4 Å². The number of hydrogen-bond donors (Lipinski definition) is 2. The van der Waals surface area contributed by atoms with Crippen LogP contribution in [0.4, 0.5) is 5.82 Å². The quantitative estimate of drug-likeness (QED) is 0.246. The van der Waals surface area contributed by atoms with E-state index in [9.17, 15) is 19.7 Å². The Balaban J connectivity index is 1.35. The van der Waals surface area contributed by atoms with E-state index >= 15 is 0 Å². The molecule has 13 heteroatoms. The number of amides is 2. The van der Waals surface area contributed by atoms with Crippen LogP contribution < -0.4 is 15.4 Å². The Hall–Kier alpha value is -4.29. The van der Waals surface area contributed by atoms with E-state index in [-0.39, 0.29) is 43.1 Å². The molecule has 0 aliphatic rings. The Morgan fingerprint density at radius 1 is 1.19 bits per heavy atom. The van der Waals surface area contributed by atoms with Crippen molar-refractivity contribution < 1.29 is 23.8 Å². The van der Waals surface area contributed by atoms with Crippen LogP contribution >= 0.6 is 0 Å². The van der Waals surface area contributed by atoms with E-state index in [2.05, 4.69) is 25.9 Å². The van der Waals surface area contributed by atoms with E-state index in [0.29, 0.717) is 12.8 Å². The molecule has 0 radical (unpaired) electrons. The SMILES string of the molecule is COc1ccc(CCC(=O)NCCNC(=O)c2nc(Cn3ccc([N+](=O)[O-])n3)no2)cc1. The molecule has 0 unspecified atom stereocenters. The Kier molecular flexibility index (Phi) is 7.46. The zero-order valence-electron chi connectivity index (χ0n) is 17.2. The first-order chi connectivity index (χ1) is 15.4. The molecule has 0 spiro atoms. The summed E-state index contributed by atoms with van der Waals surface area (Å²) in [6, 6.07) is 8.71. The lowest BCUT2D eigenvalue weighted by Crippen LogP contribution is -2.34. The first-order valence-electron chi connectivity index (χ1n) is 9.63. The van der Waals surface area contributed by atoms with Crippen LogP contribution in [0.5, 0.6) is 5.75 Å². The second-order valence-corrected chi connectivity index (χ2v) is 6.60. The van der Waals surface area contributed by atoms with Crippen LogP contribution in [0.15, 0.2) is 41.1 Å². The fourth-order valence-electron chi connectivity index (χ4n) is 2.68. The Morgan fingerprint density at radius 3 is 2.62 bits per heavy atom. The minimum Gasteiger partial charge on any atom is -0.497 e. The molecule has 1 aromatic carbocycles. The van der Waals surface area contributed by atoms with Crippen molar-refractivity contribution in [1.29, 1.82) is 0 Å². The largest absolute Gasteiger partial charge is 0.497 e. The lowest BCUT2D eigenvalue weighted by molar-refractivity contribution is -0.389. The van der Waals surface area contributed by atoms with Crippen molar-refractivity contribution in [1.82, 2.24) is 30.6 Å². The first kappa shape index (κ1) is 22.4. The summed E-state index contributed by atoms with van der Waals surface area (Å²) in [6.45, 7) is 0.427. The van der Waals surface area contributed by atoms with Crippen molar-refractivity contribution >= 4 is 17.6 Å². The smallest absolute Gasteiger partial charge is 0.389 e. The molecule has 2 heterocycles. The summed E-state index contributed by atoms with van der Waals surface area (Å²) in [6.07, 6.45) is 2.30. The topological polar surface area (TPSA) is 167 Å². The minimum atomic E-state index is -0.622. The van der Waals surface area contributed by atoms with E-state index in [1.54, 1.807) is 7.11 Å². The number of carbonyl (C=O) groups is 2. The molecular weight excluding hydrogens is 422 g/mol. The number of benzene rings is 1. The Labute approximate surface area is 181 Å². The number of aryl methyl sites for hydroxylation is 1. The molecule has 2 amide bonds. The number of aromatic nitrogens is 4. The molecule has 3 rings (SSSR count). The van der Waals surface area contributed by atoms with Gasteiger partial charge in [-0.25, -0.2) is 0 Å². The highest BCUT2D eigenvalue weighted by atomic mass is 16.6. The highest BCUT2D eigenvalue weighted by Crippen LogP contribution is 2.12. The van der Waals surface area contributed by atoms with Crippen LogP contribution in [0.25, 0.3) is 0 Å². The van der Waals surface area contributed by atoms with E-state index < -0.39 is 10.8 Å². The average molecular weight is 443 g/mol. The number of nitrogens with zero attached hydrogens (tertiary/aromatic N) is 5. The van der Waals surface area contributed by atoms with Crippen molar-refractivity contribution in [3.05, 3.63) is 63.9 Å². The lowest BCUT2D eigenvalue weighted by Gasteiger charge is -2.06. The highest BCUT2D eigenvalue weighted by Gasteiger charge is 2.17. The van der Waals surface area contributed by atoms with Gasteiger partial charge in [0, 0.05) is 19.5 Å². The van der Waals surface area contributed by atoms with Gasteiger partial charge < -0.3 is 30.0 Å². The number of nitro groups is 1. The Bertz CT molecular complexity index is 1080. The standard InChI is InChI=1S/C19H21N7O6/c1-31-14-5-2-13(3-6-14)4-7-17(27)20-9-10-21-18(28)19-22-15(24-32-19)12-25-11-8-16(23-25)26(29)30/h2-3,5-6,8,11H,4,7,9-10,12H2,1H3,(H,20,27)(H,21,28). The van der Waals surface area contributed by atoms with E-state index in [4.69, 9.17) is 9.26 Å². The number of carbonyl (C=O) groups excluding carboxylic acids is 2. The van der Waals surface area contributed by atoms with Gasteiger partial charge in [-0.1, -0.05) is 17.3 Å². The molecule has 168 valence electrons. The van der Waals surface area contributed by atoms with Crippen molar-refractivity contribution in [2.75, 3.05) is 20.2 Å². The molecule has 2 N–H and O–H groups in total. The van der Waals surface area contributed by atoms with Crippen LogP contribution in [-0.4, -0.2) is 56.9 Å². The van der Waals surface area contributed by atoms with Gasteiger partial charge in [0.25, 0.3) is 0 Å². The minimum absolute atomic E-state index is 0.00880. The normalized spacial score (nSPS) is 10.5. The number of ether oxygens (including phenoxy) is 1. The molecule has 0 bridgehead atoms. The monoisotopic (exact) mass is 443 g/mol. The highest BCUT2D eigenvalue weighted by molar-refractivity contribution is 5.89. The van der Waals surface area contributed by atoms with Gasteiger partial charge in [-0.15, -0.1) is 0 Å². The Morgan fingerprint density at radius 2 is 1.94 bits per heavy atom. The summed E-state index contributed by atoms with van der Waals surface area (Å²) >= 11 is 0. The van der Waals surface area contributed by atoms with Gasteiger partial charge in [0.15, 0.2) is 5.82 Å². The van der Waals surface area contributed by atoms with E-state index in [0.717, 1.165) is 11.3 Å².